The highest BCUT2D eigenvalue weighted by atomic mass is 16.5. The lowest BCUT2D eigenvalue weighted by Crippen LogP contribution is -2.42. The molecule has 2 aromatic rings. The van der Waals surface area contributed by atoms with Crippen LogP contribution in [0, 0.1) is 0 Å². The van der Waals surface area contributed by atoms with Gasteiger partial charge in [0, 0.05) is 37.2 Å². The molecule has 0 radical (unpaired) electrons. The molecule has 0 N–H and O–H groups in total. The summed E-state index contributed by atoms with van der Waals surface area (Å²) < 4.78 is 11.1. The summed E-state index contributed by atoms with van der Waals surface area (Å²) in [5.41, 5.74) is 4.46. The van der Waals surface area contributed by atoms with Gasteiger partial charge in [0.25, 0.3) is 0 Å². The highest BCUT2D eigenvalue weighted by molar-refractivity contribution is 5.86. The van der Waals surface area contributed by atoms with E-state index in [1.54, 1.807) is 13.4 Å². The molecule has 3 aliphatic rings. The Morgan fingerprint density at radius 3 is 2.86 bits per heavy atom. The molecule has 7 nitrogen and oxygen atoms in total. The first-order chi connectivity index (χ1) is 14.3. The molecule has 0 spiro atoms. The average Bonchev–Trinajstić information content (AvgIpc) is 3.23. The summed E-state index contributed by atoms with van der Waals surface area (Å²) in [7, 11) is 1.68. The highest BCUT2D eigenvalue weighted by Gasteiger charge is 2.36. The first kappa shape index (κ1) is 18.4. The maximum Gasteiger partial charge on any atom is 0.230 e. The number of aromatic nitrogens is 2. The molecule has 0 bridgehead atoms. The number of nitrogens with zero attached hydrogens (tertiary/aromatic N) is 4. The molecule has 1 aromatic carbocycles. The number of carbonyl (C=O) groups is 1. The van der Waals surface area contributed by atoms with Gasteiger partial charge in [-0.2, -0.15) is 0 Å². The van der Waals surface area contributed by atoms with Crippen molar-refractivity contribution in [2.75, 3.05) is 44.9 Å². The topological polar surface area (TPSA) is 67.8 Å². The average molecular weight is 394 g/mol. The second-order valence-electron chi connectivity index (χ2n) is 7.86. The minimum Gasteiger partial charge on any atom is -0.496 e. The lowest BCUT2D eigenvalue weighted by atomic mass is 9.96. The lowest BCUT2D eigenvalue weighted by Gasteiger charge is -2.35. The van der Waals surface area contributed by atoms with E-state index < -0.39 is 0 Å². The van der Waals surface area contributed by atoms with Gasteiger partial charge in [-0.1, -0.05) is 12.1 Å². The number of hydrogen-bond donors (Lipinski definition) is 0. The number of carbonyl (C=O) groups excluding carboxylic acids is 1. The molecule has 1 unspecified atom stereocenters. The van der Waals surface area contributed by atoms with Crippen molar-refractivity contribution in [2.24, 2.45) is 0 Å². The van der Waals surface area contributed by atoms with Crippen LogP contribution in [0.4, 0.5) is 5.82 Å². The minimum absolute atomic E-state index is 0.126. The molecule has 1 fully saturated rings. The van der Waals surface area contributed by atoms with E-state index in [9.17, 15) is 4.79 Å². The van der Waals surface area contributed by atoms with Gasteiger partial charge in [-0.15, -0.1) is 0 Å². The Balaban J connectivity index is 1.41. The minimum atomic E-state index is -0.126. The molecule has 3 heterocycles. The van der Waals surface area contributed by atoms with Gasteiger partial charge in [0.1, 0.15) is 17.9 Å². The molecule has 1 aromatic heterocycles. The normalized spacial score (nSPS) is 20.9. The molecule has 1 aliphatic carbocycles. The summed E-state index contributed by atoms with van der Waals surface area (Å²) in [6.45, 7) is 4.34. The van der Waals surface area contributed by atoms with Crippen molar-refractivity contribution in [3.63, 3.8) is 0 Å². The Morgan fingerprint density at radius 2 is 2.03 bits per heavy atom. The maximum atomic E-state index is 13.5. The Bertz CT molecular complexity index is 926. The largest absolute Gasteiger partial charge is 0.496 e. The number of rotatable bonds is 3. The van der Waals surface area contributed by atoms with E-state index in [1.165, 1.54) is 5.56 Å². The highest BCUT2D eigenvalue weighted by Crippen LogP contribution is 2.41. The molecule has 1 atom stereocenters. The third-order valence-corrected chi connectivity index (χ3v) is 6.33. The van der Waals surface area contributed by atoms with E-state index in [0.717, 1.165) is 60.7 Å². The summed E-state index contributed by atoms with van der Waals surface area (Å²) in [6.07, 6.45) is 4.20. The number of ether oxygens (including phenoxy) is 2. The van der Waals surface area contributed by atoms with Crippen LogP contribution in [-0.4, -0.2) is 60.7 Å². The number of fused-ring (bicyclic) bond motifs is 2. The van der Waals surface area contributed by atoms with Crippen LogP contribution in [0.3, 0.4) is 0 Å². The number of benzene rings is 1. The SMILES string of the molecule is COc1cccc2c1C(C(=O)N1CCc3ncnc(N4CCOCC4)c3C1)CC2. The van der Waals surface area contributed by atoms with Crippen molar-refractivity contribution < 1.29 is 14.3 Å². The summed E-state index contributed by atoms with van der Waals surface area (Å²) >= 11 is 0. The van der Waals surface area contributed by atoms with E-state index >= 15 is 0 Å². The van der Waals surface area contributed by atoms with Gasteiger partial charge in [0.05, 0.1) is 38.5 Å². The summed E-state index contributed by atoms with van der Waals surface area (Å²) in [4.78, 5) is 26.8. The molecular weight excluding hydrogens is 368 g/mol. The number of aryl methyl sites for hydroxylation is 1. The second kappa shape index (κ2) is 7.63. The fourth-order valence-electron chi connectivity index (χ4n) is 4.85. The summed E-state index contributed by atoms with van der Waals surface area (Å²) in [5, 5.41) is 0. The Labute approximate surface area is 170 Å². The van der Waals surface area contributed by atoms with Gasteiger partial charge >= 0.3 is 0 Å². The summed E-state index contributed by atoms with van der Waals surface area (Å²) in [5.74, 6) is 1.85. The lowest BCUT2D eigenvalue weighted by molar-refractivity contribution is -0.133. The Morgan fingerprint density at radius 1 is 1.17 bits per heavy atom. The standard InChI is InChI=1S/C22H26N4O3/c1-28-19-4-2-3-15-5-6-16(20(15)19)22(27)26-8-7-18-17(13-26)21(24-14-23-18)25-9-11-29-12-10-25/h2-4,14,16H,5-13H2,1H3. The van der Waals surface area contributed by atoms with Gasteiger partial charge in [0.2, 0.25) is 5.91 Å². The Hall–Kier alpha value is -2.67. The van der Waals surface area contributed by atoms with Crippen LogP contribution >= 0.6 is 0 Å². The molecule has 7 heteroatoms. The van der Waals surface area contributed by atoms with E-state index in [4.69, 9.17) is 9.47 Å². The maximum absolute atomic E-state index is 13.5. The van der Waals surface area contributed by atoms with Crippen molar-refractivity contribution in [2.45, 2.75) is 31.7 Å². The molecular formula is C22H26N4O3. The number of anilines is 1. The smallest absolute Gasteiger partial charge is 0.230 e. The van der Waals surface area contributed by atoms with Gasteiger partial charge in [-0.05, 0) is 24.5 Å². The van der Waals surface area contributed by atoms with Gasteiger partial charge in [0.15, 0.2) is 0 Å². The Kier molecular flexibility index (Phi) is 4.83. The first-order valence-corrected chi connectivity index (χ1v) is 10.4. The molecule has 1 amide bonds. The molecule has 152 valence electrons. The van der Waals surface area contributed by atoms with Crippen LogP contribution in [0.1, 0.15) is 34.7 Å². The monoisotopic (exact) mass is 394 g/mol. The van der Waals surface area contributed by atoms with Crippen molar-refractivity contribution >= 4 is 11.7 Å². The van der Waals surface area contributed by atoms with Crippen LogP contribution in [0.2, 0.25) is 0 Å². The van der Waals surface area contributed by atoms with E-state index in [2.05, 4.69) is 20.9 Å². The zero-order valence-corrected chi connectivity index (χ0v) is 16.8. The molecule has 5 rings (SSSR count). The molecule has 2 aliphatic heterocycles. The van der Waals surface area contributed by atoms with Crippen LogP contribution in [0.5, 0.6) is 5.75 Å². The van der Waals surface area contributed by atoms with E-state index in [0.29, 0.717) is 26.3 Å². The molecule has 1 saturated heterocycles. The predicted octanol–water partition coefficient (Wildman–Crippen LogP) is 1.94. The number of methoxy groups -OCH3 is 1. The van der Waals surface area contributed by atoms with Crippen LogP contribution in [-0.2, 0) is 28.9 Å². The van der Waals surface area contributed by atoms with Crippen LogP contribution < -0.4 is 9.64 Å². The third-order valence-electron chi connectivity index (χ3n) is 6.33. The van der Waals surface area contributed by atoms with E-state index in [-0.39, 0.29) is 11.8 Å². The second-order valence-corrected chi connectivity index (χ2v) is 7.86. The van der Waals surface area contributed by atoms with E-state index in [1.807, 2.05) is 17.0 Å². The predicted molar refractivity (Wildman–Crippen MR) is 108 cm³/mol. The van der Waals surface area contributed by atoms with Crippen molar-refractivity contribution in [1.29, 1.82) is 0 Å². The number of amides is 1. The van der Waals surface area contributed by atoms with Crippen LogP contribution in [0.25, 0.3) is 0 Å². The zero-order chi connectivity index (χ0) is 19.8. The first-order valence-electron chi connectivity index (χ1n) is 10.4. The van der Waals surface area contributed by atoms with Crippen molar-refractivity contribution in [3.05, 3.63) is 46.9 Å². The molecule has 0 saturated carbocycles. The van der Waals surface area contributed by atoms with Crippen LogP contribution in [0.15, 0.2) is 24.5 Å². The van der Waals surface area contributed by atoms with Gasteiger partial charge in [-0.3, -0.25) is 4.79 Å². The van der Waals surface area contributed by atoms with Gasteiger partial charge in [-0.25, -0.2) is 9.97 Å². The summed E-state index contributed by atoms with van der Waals surface area (Å²) in [6, 6.07) is 6.08. The number of morpholine rings is 1. The van der Waals surface area contributed by atoms with Crippen molar-refractivity contribution in [1.82, 2.24) is 14.9 Å². The fourth-order valence-corrected chi connectivity index (χ4v) is 4.85. The zero-order valence-electron chi connectivity index (χ0n) is 16.8. The van der Waals surface area contributed by atoms with Crippen molar-refractivity contribution in [3.8, 4) is 5.75 Å². The van der Waals surface area contributed by atoms with Gasteiger partial charge < -0.3 is 19.3 Å². The molecule has 29 heavy (non-hydrogen) atoms. The third kappa shape index (κ3) is 3.23. The number of hydrogen-bond acceptors (Lipinski definition) is 6. The quantitative estimate of drug-likeness (QED) is 0.793. The fraction of sp³-hybridized carbons (Fsp3) is 0.500.